The van der Waals surface area contributed by atoms with Gasteiger partial charge in [0.1, 0.15) is 0 Å². The Kier molecular flexibility index (Phi) is 8.26. The number of rotatable bonds is 9. The second-order valence-electron chi connectivity index (χ2n) is 6.50. The zero-order valence-corrected chi connectivity index (χ0v) is 17.2. The maximum atomic E-state index is 12.7. The molecule has 0 saturated heterocycles. The first-order valence-corrected chi connectivity index (χ1v) is 9.94. The van der Waals surface area contributed by atoms with E-state index in [1.165, 1.54) is 10.9 Å². The molecule has 27 heavy (non-hydrogen) atoms. The van der Waals surface area contributed by atoms with Crippen LogP contribution in [0.5, 0.6) is 0 Å². The molecule has 0 radical (unpaired) electrons. The summed E-state index contributed by atoms with van der Waals surface area (Å²) in [7, 11) is 0. The Labute approximate surface area is 166 Å². The lowest BCUT2D eigenvalue weighted by atomic mass is 10.3. The Balaban J connectivity index is 2.08. The van der Waals surface area contributed by atoms with Crippen LogP contribution in [-0.4, -0.2) is 39.1 Å². The summed E-state index contributed by atoms with van der Waals surface area (Å²) < 4.78 is 1.52. The van der Waals surface area contributed by atoms with E-state index in [4.69, 9.17) is 12.2 Å². The van der Waals surface area contributed by atoms with E-state index in [1.54, 1.807) is 0 Å². The summed E-state index contributed by atoms with van der Waals surface area (Å²) in [6.07, 6.45) is 5.96. The zero-order valence-electron chi connectivity index (χ0n) is 16.4. The lowest BCUT2D eigenvalue weighted by Gasteiger charge is -2.24. The number of aryl methyl sites for hydroxylation is 1. The van der Waals surface area contributed by atoms with Gasteiger partial charge in [-0.05, 0) is 44.1 Å². The van der Waals surface area contributed by atoms with Crippen molar-refractivity contribution in [1.29, 1.82) is 0 Å². The summed E-state index contributed by atoms with van der Waals surface area (Å²) in [6.45, 7) is 8.02. The quantitative estimate of drug-likeness (QED) is 0.392. The van der Waals surface area contributed by atoms with Crippen molar-refractivity contribution < 1.29 is 0 Å². The minimum Gasteiger partial charge on any atom is -0.348 e. The van der Waals surface area contributed by atoms with E-state index < -0.39 is 0 Å². The van der Waals surface area contributed by atoms with Crippen LogP contribution in [0.15, 0.2) is 40.2 Å². The molecule has 2 aromatic rings. The molecule has 0 saturated carbocycles. The largest absolute Gasteiger partial charge is 0.348 e. The number of unbranched alkanes of at least 4 members (excludes halogenated alkanes) is 2. The van der Waals surface area contributed by atoms with Gasteiger partial charge in [0.05, 0.1) is 17.5 Å². The number of aromatic nitrogens is 2. The van der Waals surface area contributed by atoms with Crippen LogP contribution in [0.1, 0.15) is 50.8 Å². The molecule has 0 aliphatic carbocycles. The van der Waals surface area contributed by atoms with E-state index in [9.17, 15) is 4.79 Å². The molecule has 1 heterocycles. The van der Waals surface area contributed by atoms with Crippen molar-refractivity contribution in [2.75, 3.05) is 13.1 Å². The molecular weight excluding hydrogens is 358 g/mol. The van der Waals surface area contributed by atoms with E-state index in [0.717, 1.165) is 50.2 Å². The third-order valence-electron chi connectivity index (χ3n) is 4.34. The number of aromatic amines is 1. The molecule has 1 aromatic heterocycles. The van der Waals surface area contributed by atoms with E-state index in [0.29, 0.717) is 10.7 Å². The van der Waals surface area contributed by atoms with Crippen molar-refractivity contribution >= 4 is 23.5 Å². The number of para-hydroxylation sites is 1. The summed E-state index contributed by atoms with van der Waals surface area (Å²) in [5.41, 5.74) is 4.85. The molecule has 0 aliphatic heterocycles. The fourth-order valence-corrected chi connectivity index (χ4v) is 2.94. The van der Waals surface area contributed by atoms with Crippen molar-refractivity contribution in [3.63, 3.8) is 0 Å². The van der Waals surface area contributed by atoms with Gasteiger partial charge in [-0.2, -0.15) is 5.10 Å². The summed E-state index contributed by atoms with van der Waals surface area (Å²) in [4.78, 5) is 14.8. The zero-order chi connectivity index (χ0) is 19.6. The first-order chi connectivity index (χ1) is 13.1. The third-order valence-corrected chi connectivity index (χ3v) is 4.69. The van der Waals surface area contributed by atoms with Gasteiger partial charge in [-0.15, -0.1) is 0 Å². The van der Waals surface area contributed by atoms with Crippen molar-refractivity contribution in [3.05, 3.63) is 51.9 Å². The second kappa shape index (κ2) is 10.7. The fourth-order valence-electron chi connectivity index (χ4n) is 2.71. The van der Waals surface area contributed by atoms with E-state index in [-0.39, 0.29) is 5.56 Å². The molecule has 7 heteroatoms. The molecule has 146 valence electrons. The fraction of sp³-hybridized carbons (Fsp3) is 0.450. The smallest absolute Gasteiger partial charge is 0.280 e. The first-order valence-electron chi connectivity index (χ1n) is 9.53. The summed E-state index contributed by atoms with van der Waals surface area (Å²) in [5, 5.41) is 7.91. The van der Waals surface area contributed by atoms with Crippen LogP contribution in [0.4, 0.5) is 0 Å². The molecule has 0 aliphatic rings. The van der Waals surface area contributed by atoms with Crippen LogP contribution in [0.25, 0.3) is 5.69 Å². The number of benzene rings is 1. The van der Waals surface area contributed by atoms with Crippen LogP contribution in [-0.2, 0) is 0 Å². The van der Waals surface area contributed by atoms with Gasteiger partial charge in [0.2, 0.25) is 0 Å². The molecule has 6 nitrogen and oxygen atoms in total. The highest BCUT2D eigenvalue weighted by Gasteiger charge is 2.11. The van der Waals surface area contributed by atoms with Crippen molar-refractivity contribution in [3.8, 4) is 5.69 Å². The molecule has 0 atom stereocenters. The van der Waals surface area contributed by atoms with Crippen LogP contribution in [0.2, 0.25) is 0 Å². The summed E-state index contributed by atoms with van der Waals surface area (Å²) in [5.74, 6) is 0. The number of thiocarbonyl (C=S) groups is 1. The average Bonchev–Trinajstić information content (AvgIpc) is 2.97. The maximum Gasteiger partial charge on any atom is 0.280 e. The number of hydrogen-bond acceptors (Lipinski definition) is 3. The number of H-pyrrole nitrogens is 1. The lowest BCUT2D eigenvalue weighted by Crippen LogP contribution is -2.38. The standard InChI is InChI=1S/C20H29N5OS/c1-4-6-13-24(14-7-5-2)20(27)22-21-15-18-16(3)23-25(19(18)26)17-11-9-8-10-12-17/h8-12,15,23H,4-7,13-14H2,1-3H3,(H,22,27)/b21-15-. The maximum absolute atomic E-state index is 12.7. The Hall–Kier alpha value is -2.41. The number of nitrogens with zero attached hydrogens (tertiary/aromatic N) is 3. The van der Waals surface area contributed by atoms with Crippen molar-refractivity contribution in [2.24, 2.45) is 5.10 Å². The monoisotopic (exact) mass is 387 g/mol. The highest BCUT2D eigenvalue weighted by atomic mass is 32.1. The molecule has 0 fully saturated rings. The molecule has 0 amide bonds. The van der Waals surface area contributed by atoms with Gasteiger partial charge in [-0.1, -0.05) is 44.9 Å². The van der Waals surface area contributed by atoms with Gasteiger partial charge in [0.25, 0.3) is 5.56 Å². The molecule has 2 rings (SSSR count). The molecule has 0 spiro atoms. The number of nitrogens with one attached hydrogen (secondary N) is 2. The van der Waals surface area contributed by atoms with Crippen molar-refractivity contribution in [2.45, 2.75) is 46.5 Å². The average molecular weight is 388 g/mol. The summed E-state index contributed by atoms with van der Waals surface area (Å²) >= 11 is 5.47. The van der Waals surface area contributed by atoms with Gasteiger partial charge in [0.15, 0.2) is 5.11 Å². The van der Waals surface area contributed by atoms with E-state index in [2.05, 4.69) is 34.4 Å². The predicted octanol–water partition coefficient (Wildman–Crippen LogP) is 3.58. The molecule has 0 bridgehead atoms. The van der Waals surface area contributed by atoms with Crippen LogP contribution < -0.4 is 11.0 Å². The molecule has 0 unspecified atom stereocenters. The lowest BCUT2D eigenvalue weighted by molar-refractivity contribution is 0.393. The second-order valence-corrected chi connectivity index (χ2v) is 6.88. The Morgan fingerprint density at radius 2 is 1.85 bits per heavy atom. The van der Waals surface area contributed by atoms with Crippen LogP contribution in [0.3, 0.4) is 0 Å². The third kappa shape index (κ3) is 5.79. The van der Waals surface area contributed by atoms with Gasteiger partial charge in [-0.25, -0.2) is 4.68 Å². The van der Waals surface area contributed by atoms with Crippen LogP contribution in [0, 0.1) is 6.92 Å². The normalized spacial score (nSPS) is 11.1. The van der Waals surface area contributed by atoms with E-state index >= 15 is 0 Å². The van der Waals surface area contributed by atoms with Gasteiger partial charge < -0.3 is 4.90 Å². The number of hydrazone groups is 1. The predicted molar refractivity (Wildman–Crippen MR) is 116 cm³/mol. The SMILES string of the molecule is CCCCN(CCCC)C(=S)N/N=C\c1c(C)[nH]n(-c2ccccc2)c1=O. The number of hydrogen-bond donors (Lipinski definition) is 2. The van der Waals surface area contributed by atoms with E-state index in [1.807, 2.05) is 37.3 Å². The van der Waals surface area contributed by atoms with Gasteiger partial charge >= 0.3 is 0 Å². The Morgan fingerprint density at radius 1 is 1.22 bits per heavy atom. The molecule has 2 N–H and O–H groups in total. The van der Waals surface area contributed by atoms with Gasteiger partial charge in [0, 0.05) is 18.8 Å². The minimum absolute atomic E-state index is 0.135. The molecule has 1 aromatic carbocycles. The first kappa shape index (κ1) is 20.9. The van der Waals surface area contributed by atoms with Crippen LogP contribution >= 0.6 is 12.2 Å². The Morgan fingerprint density at radius 3 is 2.44 bits per heavy atom. The minimum atomic E-state index is -0.135. The molecular formula is C20H29N5OS. The highest BCUT2D eigenvalue weighted by molar-refractivity contribution is 7.80. The Bertz CT molecular complexity index is 802. The topological polar surface area (TPSA) is 65.4 Å². The highest BCUT2D eigenvalue weighted by Crippen LogP contribution is 2.05. The van der Waals surface area contributed by atoms with Gasteiger partial charge in [-0.3, -0.25) is 15.3 Å². The summed E-state index contributed by atoms with van der Waals surface area (Å²) in [6, 6.07) is 9.47. The van der Waals surface area contributed by atoms with Crippen molar-refractivity contribution in [1.82, 2.24) is 20.1 Å².